The number of fused-ring (bicyclic) bond motifs is 1. The third-order valence-electron chi connectivity index (χ3n) is 4.90. The molecule has 0 unspecified atom stereocenters. The number of likely N-dealkylation sites (tertiary alicyclic amines) is 1. The maximum Gasteiger partial charge on any atom is 0.407 e. The largest absolute Gasteiger partial charge is 0.465 e. The number of carboxylic acid groups (broad SMARTS) is 1. The standard InChI is InChI=1S/C18H19N5O5S/c1-29(26,27)14-4-2-13(3-5-14)28-17-15-10-21-23(16(15)19-11-20-17)12-6-8-22(9-7-12)18(24)25/h2-5,10-12H,6-9H2,1H3,(H,24,25). The van der Waals surface area contributed by atoms with E-state index in [0.29, 0.717) is 48.6 Å². The maximum absolute atomic E-state index is 11.6. The van der Waals surface area contributed by atoms with Crippen LogP contribution in [-0.2, 0) is 9.84 Å². The summed E-state index contributed by atoms with van der Waals surface area (Å²) in [6.45, 7) is 0.894. The molecule has 0 radical (unpaired) electrons. The minimum absolute atomic E-state index is 0.0416. The van der Waals surface area contributed by atoms with Crippen molar-refractivity contribution in [2.24, 2.45) is 0 Å². The molecular weight excluding hydrogens is 398 g/mol. The molecule has 1 aliphatic rings. The highest BCUT2D eigenvalue weighted by Crippen LogP contribution is 2.30. The number of hydrogen-bond acceptors (Lipinski definition) is 7. The number of rotatable bonds is 4. The van der Waals surface area contributed by atoms with Crippen LogP contribution < -0.4 is 4.74 Å². The summed E-state index contributed by atoms with van der Waals surface area (Å²) in [4.78, 5) is 21.2. The molecule has 0 spiro atoms. The molecule has 3 aromatic rings. The zero-order valence-corrected chi connectivity index (χ0v) is 16.4. The molecule has 11 heteroatoms. The van der Waals surface area contributed by atoms with Crippen LogP contribution in [0.25, 0.3) is 11.0 Å². The number of benzene rings is 1. The van der Waals surface area contributed by atoms with E-state index in [1.165, 1.54) is 23.4 Å². The first-order valence-electron chi connectivity index (χ1n) is 8.97. The molecule has 29 heavy (non-hydrogen) atoms. The smallest absolute Gasteiger partial charge is 0.407 e. The Hall–Kier alpha value is -3.21. The first-order chi connectivity index (χ1) is 13.8. The molecule has 1 aromatic carbocycles. The highest BCUT2D eigenvalue weighted by molar-refractivity contribution is 7.90. The predicted octanol–water partition coefficient (Wildman–Crippen LogP) is 2.34. The van der Waals surface area contributed by atoms with E-state index in [1.807, 2.05) is 0 Å². The summed E-state index contributed by atoms with van der Waals surface area (Å²) in [7, 11) is -3.28. The number of piperidine rings is 1. The molecule has 152 valence electrons. The lowest BCUT2D eigenvalue weighted by Crippen LogP contribution is -2.38. The van der Waals surface area contributed by atoms with Crippen LogP contribution in [0.15, 0.2) is 41.7 Å². The number of sulfone groups is 1. The van der Waals surface area contributed by atoms with Gasteiger partial charge in [-0.2, -0.15) is 5.10 Å². The van der Waals surface area contributed by atoms with Gasteiger partial charge in [0.1, 0.15) is 17.5 Å². The number of nitrogens with zero attached hydrogens (tertiary/aromatic N) is 5. The van der Waals surface area contributed by atoms with Gasteiger partial charge in [0, 0.05) is 19.3 Å². The first-order valence-corrected chi connectivity index (χ1v) is 10.9. The Morgan fingerprint density at radius 1 is 1.17 bits per heavy atom. The fourth-order valence-electron chi connectivity index (χ4n) is 3.36. The van der Waals surface area contributed by atoms with E-state index in [9.17, 15) is 13.2 Å². The molecular formula is C18H19N5O5S. The van der Waals surface area contributed by atoms with Crippen molar-refractivity contribution in [3.05, 3.63) is 36.8 Å². The molecule has 1 fully saturated rings. The van der Waals surface area contributed by atoms with Crippen LogP contribution in [0.4, 0.5) is 4.79 Å². The van der Waals surface area contributed by atoms with E-state index in [0.717, 1.165) is 6.26 Å². The lowest BCUT2D eigenvalue weighted by molar-refractivity contribution is 0.124. The Bertz CT molecular complexity index is 1150. The number of hydrogen-bond donors (Lipinski definition) is 1. The highest BCUT2D eigenvalue weighted by atomic mass is 32.2. The Morgan fingerprint density at radius 3 is 2.48 bits per heavy atom. The summed E-state index contributed by atoms with van der Waals surface area (Å²) in [6.07, 6.45) is 4.54. The Morgan fingerprint density at radius 2 is 1.86 bits per heavy atom. The van der Waals surface area contributed by atoms with Crippen LogP contribution >= 0.6 is 0 Å². The van der Waals surface area contributed by atoms with Gasteiger partial charge in [0.2, 0.25) is 5.88 Å². The van der Waals surface area contributed by atoms with Crippen LogP contribution in [0.3, 0.4) is 0 Å². The van der Waals surface area contributed by atoms with Gasteiger partial charge in [0.15, 0.2) is 15.5 Å². The minimum Gasteiger partial charge on any atom is -0.465 e. The molecule has 1 N–H and O–H groups in total. The Labute approximate surface area is 166 Å². The van der Waals surface area contributed by atoms with Crippen molar-refractivity contribution in [2.45, 2.75) is 23.8 Å². The van der Waals surface area contributed by atoms with Crippen LogP contribution in [-0.4, -0.2) is 63.6 Å². The summed E-state index contributed by atoms with van der Waals surface area (Å²) >= 11 is 0. The van der Waals surface area contributed by atoms with Crippen molar-refractivity contribution in [2.75, 3.05) is 19.3 Å². The summed E-state index contributed by atoms with van der Waals surface area (Å²) in [5.74, 6) is 0.760. The molecule has 1 saturated heterocycles. The summed E-state index contributed by atoms with van der Waals surface area (Å²) in [6, 6.07) is 6.12. The molecule has 1 amide bonds. The average Bonchev–Trinajstić information content (AvgIpc) is 3.13. The average molecular weight is 417 g/mol. The van der Waals surface area contributed by atoms with E-state index in [-0.39, 0.29) is 10.9 Å². The zero-order chi connectivity index (χ0) is 20.6. The van der Waals surface area contributed by atoms with E-state index >= 15 is 0 Å². The van der Waals surface area contributed by atoms with E-state index < -0.39 is 15.9 Å². The lowest BCUT2D eigenvalue weighted by Gasteiger charge is -2.30. The van der Waals surface area contributed by atoms with Crippen LogP contribution in [0.1, 0.15) is 18.9 Å². The Kier molecular flexibility index (Phi) is 4.82. The molecule has 0 bridgehead atoms. The van der Waals surface area contributed by atoms with Crippen molar-refractivity contribution in [1.82, 2.24) is 24.6 Å². The van der Waals surface area contributed by atoms with E-state index in [4.69, 9.17) is 9.84 Å². The second-order valence-corrected chi connectivity index (χ2v) is 8.87. The SMILES string of the molecule is CS(=O)(=O)c1ccc(Oc2ncnc3c2cnn3C2CCN(C(=O)O)CC2)cc1. The van der Waals surface area contributed by atoms with E-state index in [2.05, 4.69) is 15.1 Å². The van der Waals surface area contributed by atoms with Gasteiger partial charge in [-0.25, -0.2) is 27.9 Å². The summed E-state index contributed by atoms with van der Waals surface area (Å²) < 4.78 is 30.8. The quantitative estimate of drug-likeness (QED) is 0.685. The van der Waals surface area contributed by atoms with Crippen LogP contribution in [0.5, 0.6) is 11.6 Å². The normalized spacial score (nSPS) is 15.6. The van der Waals surface area contributed by atoms with Gasteiger partial charge in [-0.05, 0) is 37.1 Å². The number of ether oxygens (including phenoxy) is 1. The van der Waals surface area contributed by atoms with Crippen molar-refractivity contribution in [3.63, 3.8) is 0 Å². The second-order valence-electron chi connectivity index (χ2n) is 6.85. The summed E-state index contributed by atoms with van der Waals surface area (Å²) in [5, 5.41) is 14.1. The van der Waals surface area contributed by atoms with Gasteiger partial charge < -0.3 is 14.7 Å². The topological polar surface area (TPSA) is 128 Å². The number of amides is 1. The molecule has 0 saturated carbocycles. The zero-order valence-electron chi connectivity index (χ0n) is 15.6. The Balaban J connectivity index is 1.57. The minimum atomic E-state index is -3.28. The van der Waals surface area contributed by atoms with Crippen LogP contribution in [0, 0.1) is 0 Å². The molecule has 3 heterocycles. The van der Waals surface area contributed by atoms with Crippen molar-refractivity contribution < 1.29 is 23.1 Å². The van der Waals surface area contributed by atoms with Gasteiger partial charge in [0.05, 0.1) is 17.1 Å². The maximum atomic E-state index is 11.6. The molecule has 0 atom stereocenters. The molecule has 0 aliphatic carbocycles. The first kappa shape index (κ1) is 19.1. The third-order valence-corrected chi connectivity index (χ3v) is 6.03. The van der Waals surface area contributed by atoms with Crippen molar-refractivity contribution in [3.8, 4) is 11.6 Å². The predicted molar refractivity (Wildman–Crippen MR) is 103 cm³/mol. The monoisotopic (exact) mass is 417 g/mol. The van der Waals surface area contributed by atoms with Crippen LogP contribution in [0.2, 0.25) is 0 Å². The summed E-state index contributed by atoms with van der Waals surface area (Å²) in [5.41, 5.74) is 0.608. The lowest BCUT2D eigenvalue weighted by atomic mass is 10.1. The molecule has 1 aliphatic heterocycles. The van der Waals surface area contributed by atoms with Gasteiger partial charge in [0.25, 0.3) is 0 Å². The van der Waals surface area contributed by atoms with Crippen molar-refractivity contribution >= 4 is 27.0 Å². The van der Waals surface area contributed by atoms with Gasteiger partial charge in [-0.3, -0.25) is 0 Å². The number of carbonyl (C=O) groups is 1. The van der Waals surface area contributed by atoms with Gasteiger partial charge >= 0.3 is 6.09 Å². The highest BCUT2D eigenvalue weighted by Gasteiger charge is 2.26. The van der Waals surface area contributed by atoms with Gasteiger partial charge in [-0.1, -0.05) is 0 Å². The molecule has 4 rings (SSSR count). The molecule has 10 nitrogen and oxygen atoms in total. The van der Waals surface area contributed by atoms with E-state index in [1.54, 1.807) is 23.0 Å². The third kappa shape index (κ3) is 3.86. The number of aromatic nitrogens is 4. The van der Waals surface area contributed by atoms with Crippen molar-refractivity contribution in [1.29, 1.82) is 0 Å². The fraction of sp³-hybridized carbons (Fsp3) is 0.333. The van der Waals surface area contributed by atoms with Gasteiger partial charge in [-0.15, -0.1) is 0 Å². The fourth-order valence-corrected chi connectivity index (χ4v) is 3.99. The second kappa shape index (κ2) is 7.32. The molecule has 2 aromatic heterocycles.